The Morgan fingerprint density at radius 1 is 1.03 bits per heavy atom. The van der Waals surface area contributed by atoms with E-state index in [9.17, 15) is 8.42 Å². The van der Waals surface area contributed by atoms with Crippen molar-refractivity contribution in [3.63, 3.8) is 0 Å². The molecule has 0 bridgehead atoms. The van der Waals surface area contributed by atoms with E-state index < -0.39 is 18.1 Å². The summed E-state index contributed by atoms with van der Waals surface area (Å²) < 4.78 is 28.3. The number of hydrogen-bond donors (Lipinski definition) is 0. The molecule has 1 heterocycles. The molecular weight excluding hydrogens is 430 g/mol. The molecular formula is C27H37NO2SSi. The van der Waals surface area contributed by atoms with E-state index in [4.69, 9.17) is 0 Å². The number of hydrogen-bond acceptors (Lipinski definition) is 2. The van der Waals surface area contributed by atoms with Gasteiger partial charge in [0.25, 0.3) is 10.0 Å². The first-order valence-electron chi connectivity index (χ1n) is 11.4. The Morgan fingerprint density at radius 2 is 1.66 bits per heavy atom. The first kappa shape index (κ1) is 24.5. The second-order valence-corrected chi connectivity index (χ2v) is 17.6. The van der Waals surface area contributed by atoms with Gasteiger partial charge in [0, 0.05) is 12.7 Å². The van der Waals surface area contributed by atoms with Gasteiger partial charge in [-0.05, 0) is 42.5 Å². The molecule has 2 aromatic rings. The van der Waals surface area contributed by atoms with Crippen LogP contribution in [0.2, 0.25) is 18.6 Å². The van der Waals surface area contributed by atoms with Crippen LogP contribution in [0.5, 0.6) is 0 Å². The van der Waals surface area contributed by atoms with Crippen molar-refractivity contribution < 1.29 is 8.42 Å². The topological polar surface area (TPSA) is 37.4 Å². The SMILES string of the molecule is Cc1ccc(S(=O)(=O)N2C=CC([Si](C)(C)Cc3ccccc3)/C(=C\C(C)(C)C)CC2)cc1. The molecule has 5 heteroatoms. The normalized spacial score (nSPS) is 19.2. The van der Waals surface area contributed by atoms with Crippen LogP contribution in [0.1, 0.15) is 38.3 Å². The van der Waals surface area contributed by atoms with Gasteiger partial charge >= 0.3 is 0 Å². The minimum absolute atomic E-state index is 0.0453. The van der Waals surface area contributed by atoms with Crippen molar-refractivity contribution in [2.45, 2.75) is 63.7 Å². The molecule has 0 fully saturated rings. The molecule has 0 radical (unpaired) electrons. The van der Waals surface area contributed by atoms with E-state index in [1.807, 2.05) is 25.3 Å². The van der Waals surface area contributed by atoms with Gasteiger partial charge in [-0.3, -0.25) is 4.31 Å². The Morgan fingerprint density at radius 3 is 2.25 bits per heavy atom. The van der Waals surface area contributed by atoms with Crippen LogP contribution in [0.3, 0.4) is 0 Å². The molecule has 32 heavy (non-hydrogen) atoms. The third-order valence-corrected chi connectivity index (χ3v) is 11.4. The minimum Gasteiger partial charge on any atom is -0.273 e. The molecule has 0 N–H and O–H groups in total. The Balaban J connectivity index is 1.98. The first-order chi connectivity index (χ1) is 14.9. The number of sulfonamides is 1. The molecule has 0 aromatic heterocycles. The summed E-state index contributed by atoms with van der Waals surface area (Å²) in [5.74, 6) is 0. The molecule has 172 valence electrons. The van der Waals surface area contributed by atoms with E-state index >= 15 is 0 Å². The monoisotopic (exact) mass is 467 g/mol. The molecule has 3 rings (SSSR count). The van der Waals surface area contributed by atoms with Crippen LogP contribution >= 0.6 is 0 Å². The van der Waals surface area contributed by atoms with Crippen molar-refractivity contribution >= 4 is 18.1 Å². The number of rotatable bonds is 5. The maximum absolute atomic E-state index is 13.4. The van der Waals surface area contributed by atoms with Crippen LogP contribution in [-0.4, -0.2) is 27.3 Å². The third-order valence-electron chi connectivity index (χ3n) is 6.06. The second kappa shape index (κ2) is 9.40. The maximum Gasteiger partial charge on any atom is 0.263 e. The van der Waals surface area contributed by atoms with Crippen LogP contribution in [0.4, 0.5) is 0 Å². The highest BCUT2D eigenvalue weighted by Crippen LogP contribution is 2.40. The van der Waals surface area contributed by atoms with E-state index in [1.165, 1.54) is 11.1 Å². The quantitative estimate of drug-likeness (QED) is 0.361. The van der Waals surface area contributed by atoms with Gasteiger partial charge in [-0.1, -0.05) is 105 Å². The summed E-state index contributed by atoms with van der Waals surface area (Å²) in [6, 6.07) is 18.9. The van der Waals surface area contributed by atoms with Crippen molar-refractivity contribution in [1.82, 2.24) is 4.31 Å². The highest BCUT2D eigenvalue weighted by molar-refractivity contribution is 7.89. The largest absolute Gasteiger partial charge is 0.273 e. The van der Waals surface area contributed by atoms with Crippen molar-refractivity contribution in [3.8, 4) is 0 Å². The Hall–Kier alpha value is -2.11. The van der Waals surface area contributed by atoms with Crippen LogP contribution in [0.15, 0.2) is 83.4 Å². The fourth-order valence-corrected chi connectivity index (χ4v) is 9.19. The lowest BCUT2D eigenvalue weighted by Gasteiger charge is -2.33. The molecule has 2 aromatic carbocycles. The zero-order chi connectivity index (χ0) is 23.6. The van der Waals surface area contributed by atoms with Crippen molar-refractivity contribution in [2.24, 2.45) is 5.41 Å². The van der Waals surface area contributed by atoms with E-state index in [0.717, 1.165) is 18.0 Å². The van der Waals surface area contributed by atoms with E-state index in [1.54, 1.807) is 16.4 Å². The third kappa shape index (κ3) is 6.02. The van der Waals surface area contributed by atoms with Crippen LogP contribution in [-0.2, 0) is 16.1 Å². The highest BCUT2D eigenvalue weighted by Gasteiger charge is 2.36. The summed E-state index contributed by atoms with van der Waals surface area (Å²) in [6.45, 7) is 14.0. The molecule has 0 saturated heterocycles. The second-order valence-electron chi connectivity index (χ2n) is 10.7. The lowest BCUT2D eigenvalue weighted by atomic mass is 9.91. The van der Waals surface area contributed by atoms with Crippen LogP contribution in [0, 0.1) is 12.3 Å². The predicted molar refractivity (Wildman–Crippen MR) is 138 cm³/mol. The lowest BCUT2D eigenvalue weighted by Crippen LogP contribution is -2.36. The Kier molecular flexibility index (Phi) is 7.20. The van der Waals surface area contributed by atoms with E-state index in [0.29, 0.717) is 17.0 Å². The van der Waals surface area contributed by atoms with Crippen LogP contribution < -0.4 is 0 Å². The summed E-state index contributed by atoms with van der Waals surface area (Å²) in [5, 5.41) is 0. The number of benzene rings is 2. The average Bonchev–Trinajstić information content (AvgIpc) is 2.91. The number of allylic oxidation sites excluding steroid dienone is 2. The first-order valence-corrected chi connectivity index (χ1v) is 16.1. The van der Waals surface area contributed by atoms with Gasteiger partial charge < -0.3 is 0 Å². The van der Waals surface area contributed by atoms with E-state index in [2.05, 4.69) is 76.3 Å². The van der Waals surface area contributed by atoms with Crippen molar-refractivity contribution in [2.75, 3.05) is 6.54 Å². The summed E-state index contributed by atoms with van der Waals surface area (Å²) in [5.41, 5.74) is 4.13. The van der Waals surface area contributed by atoms with Gasteiger partial charge in [-0.2, -0.15) is 0 Å². The van der Waals surface area contributed by atoms with Gasteiger partial charge in [0.15, 0.2) is 0 Å². The van der Waals surface area contributed by atoms with Gasteiger partial charge in [-0.15, -0.1) is 0 Å². The molecule has 0 aliphatic carbocycles. The number of aryl methyl sites for hydroxylation is 1. The van der Waals surface area contributed by atoms with Gasteiger partial charge in [0.05, 0.1) is 13.0 Å². The molecule has 1 unspecified atom stereocenters. The molecule has 0 amide bonds. The fourth-order valence-electron chi connectivity index (χ4n) is 4.53. The molecule has 0 spiro atoms. The summed E-state index contributed by atoms with van der Waals surface area (Å²) >= 11 is 0. The fraction of sp³-hybridized carbons (Fsp3) is 0.407. The predicted octanol–water partition coefficient (Wildman–Crippen LogP) is 6.74. The standard InChI is InChI=1S/C27H37NO2SSi/c1-22-12-14-25(15-13-22)31(29,30)28-18-16-24(20-27(2,3)4)26(17-19-28)32(5,6)21-23-10-8-7-9-11-23/h7-15,17,19-20,26H,16,18,21H2,1-6H3/b24-20-. The average molecular weight is 468 g/mol. The van der Waals surface area contributed by atoms with Gasteiger partial charge in [-0.25, -0.2) is 8.42 Å². The molecule has 1 aliphatic rings. The summed E-state index contributed by atoms with van der Waals surface area (Å²) in [7, 11) is -5.35. The minimum atomic E-state index is -3.56. The van der Waals surface area contributed by atoms with Crippen LogP contribution in [0.25, 0.3) is 0 Å². The summed E-state index contributed by atoms with van der Waals surface area (Å²) in [6.07, 6.45) is 7.14. The zero-order valence-electron chi connectivity index (χ0n) is 20.3. The lowest BCUT2D eigenvalue weighted by molar-refractivity contribution is 0.498. The Bertz CT molecular complexity index is 1080. The van der Waals surface area contributed by atoms with Gasteiger partial charge in [0.1, 0.15) is 0 Å². The highest BCUT2D eigenvalue weighted by atomic mass is 32.2. The Labute approximate surface area is 195 Å². The van der Waals surface area contributed by atoms with Gasteiger partial charge in [0.2, 0.25) is 0 Å². The zero-order valence-corrected chi connectivity index (χ0v) is 22.1. The van der Waals surface area contributed by atoms with Crippen molar-refractivity contribution in [3.05, 3.63) is 89.6 Å². The van der Waals surface area contributed by atoms with E-state index in [-0.39, 0.29) is 5.41 Å². The molecule has 3 nitrogen and oxygen atoms in total. The maximum atomic E-state index is 13.4. The molecule has 1 atom stereocenters. The molecule has 1 aliphatic heterocycles. The smallest absolute Gasteiger partial charge is 0.263 e. The van der Waals surface area contributed by atoms with Crippen molar-refractivity contribution in [1.29, 1.82) is 0 Å². The summed E-state index contributed by atoms with van der Waals surface area (Å²) in [4.78, 5) is 0.355. The molecule has 0 saturated carbocycles. The number of nitrogens with zero attached hydrogens (tertiary/aromatic N) is 1.